The molecular formula is C13H17ClO3. The average molecular weight is 257 g/mol. The molecule has 0 bridgehead atoms. The first-order valence-corrected chi connectivity index (χ1v) is 6.07. The van der Waals surface area contributed by atoms with Crippen LogP contribution in [0, 0.1) is 0 Å². The van der Waals surface area contributed by atoms with Gasteiger partial charge < -0.3 is 9.84 Å². The Morgan fingerprint density at radius 2 is 2.12 bits per heavy atom. The number of aromatic hydroxyl groups is 1. The summed E-state index contributed by atoms with van der Waals surface area (Å²) in [4.78, 5) is 11.6. The first-order valence-electron chi connectivity index (χ1n) is 5.69. The van der Waals surface area contributed by atoms with Gasteiger partial charge in [0.2, 0.25) is 0 Å². The molecule has 94 valence electrons. The monoisotopic (exact) mass is 256 g/mol. The zero-order chi connectivity index (χ0) is 12.8. The molecule has 0 aliphatic heterocycles. The predicted octanol–water partition coefficient (Wildman–Crippen LogP) is 3.56. The minimum Gasteiger partial charge on any atom is -0.508 e. The molecule has 0 unspecified atom stereocenters. The Bertz CT molecular complexity index is 402. The molecule has 0 heterocycles. The summed E-state index contributed by atoms with van der Waals surface area (Å²) in [5.74, 6) is -0.400. The lowest BCUT2D eigenvalue weighted by Gasteiger charge is -2.10. The molecule has 0 aromatic heterocycles. The molecule has 0 spiro atoms. The van der Waals surface area contributed by atoms with Gasteiger partial charge in [0.25, 0.3) is 0 Å². The van der Waals surface area contributed by atoms with Crippen LogP contribution in [0.1, 0.15) is 42.1 Å². The predicted molar refractivity (Wildman–Crippen MR) is 67.7 cm³/mol. The van der Waals surface area contributed by atoms with Gasteiger partial charge in [0.15, 0.2) is 0 Å². The molecule has 0 fully saturated rings. The Morgan fingerprint density at radius 1 is 1.41 bits per heavy atom. The lowest BCUT2D eigenvalue weighted by atomic mass is 10.00. The van der Waals surface area contributed by atoms with Gasteiger partial charge in [-0.2, -0.15) is 0 Å². The van der Waals surface area contributed by atoms with E-state index in [2.05, 4.69) is 11.7 Å². The number of phenols is 1. The van der Waals surface area contributed by atoms with E-state index >= 15 is 0 Å². The topological polar surface area (TPSA) is 46.5 Å². The maximum atomic E-state index is 11.6. The normalized spacial score (nSPS) is 10.3. The fraction of sp³-hybridized carbons (Fsp3) is 0.462. The van der Waals surface area contributed by atoms with Crippen molar-refractivity contribution in [3.05, 3.63) is 28.3 Å². The van der Waals surface area contributed by atoms with Gasteiger partial charge in [-0.15, -0.1) is 0 Å². The molecule has 0 amide bonds. The summed E-state index contributed by atoms with van der Waals surface area (Å²) in [5, 5.41) is 10.2. The van der Waals surface area contributed by atoms with Crippen LogP contribution in [-0.4, -0.2) is 18.2 Å². The van der Waals surface area contributed by atoms with E-state index in [1.807, 2.05) is 0 Å². The van der Waals surface area contributed by atoms with Crippen molar-refractivity contribution in [1.29, 1.82) is 0 Å². The van der Waals surface area contributed by atoms with Gasteiger partial charge in [-0.3, -0.25) is 0 Å². The molecule has 1 aromatic carbocycles. The molecule has 1 rings (SSSR count). The van der Waals surface area contributed by atoms with Gasteiger partial charge in [-0.25, -0.2) is 4.79 Å². The number of phenolic OH excluding ortho intramolecular Hbond substituents is 1. The SMILES string of the molecule is CCCCCc1c(O)cc(Cl)cc1C(=O)OC. The molecule has 0 aliphatic carbocycles. The summed E-state index contributed by atoms with van der Waals surface area (Å²) in [6.07, 6.45) is 3.72. The molecule has 3 nitrogen and oxygen atoms in total. The van der Waals surface area contributed by atoms with Crippen LogP contribution in [0.3, 0.4) is 0 Å². The van der Waals surface area contributed by atoms with Crippen molar-refractivity contribution < 1.29 is 14.6 Å². The number of ether oxygens (including phenoxy) is 1. The van der Waals surface area contributed by atoms with Crippen LogP contribution in [0.25, 0.3) is 0 Å². The summed E-state index contributed by atoms with van der Waals surface area (Å²) in [6.45, 7) is 2.10. The Hall–Kier alpha value is -1.22. The van der Waals surface area contributed by atoms with E-state index < -0.39 is 5.97 Å². The maximum absolute atomic E-state index is 11.6. The van der Waals surface area contributed by atoms with E-state index in [4.69, 9.17) is 11.6 Å². The van der Waals surface area contributed by atoms with Crippen molar-refractivity contribution in [2.45, 2.75) is 32.6 Å². The van der Waals surface area contributed by atoms with Crippen LogP contribution in [0.4, 0.5) is 0 Å². The van der Waals surface area contributed by atoms with E-state index in [1.54, 1.807) is 0 Å². The minimum absolute atomic E-state index is 0.0639. The third kappa shape index (κ3) is 3.63. The Kier molecular flexibility index (Phi) is 5.29. The van der Waals surface area contributed by atoms with Crippen LogP contribution < -0.4 is 0 Å². The third-order valence-electron chi connectivity index (χ3n) is 2.63. The van der Waals surface area contributed by atoms with Crippen molar-refractivity contribution in [3.63, 3.8) is 0 Å². The molecule has 0 saturated carbocycles. The number of methoxy groups -OCH3 is 1. The molecule has 17 heavy (non-hydrogen) atoms. The zero-order valence-corrected chi connectivity index (χ0v) is 10.9. The molecular weight excluding hydrogens is 240 g/mol. The fourth-order valence-electron chi connectivity index (χ4n) is 1.73. The molecule has 4 heteroatoms. The van der Waals surface area contributed by atoms with Crippen LogP contribution in [-0.2, 0) is 11.2 Å². The highest BCUT2D eigenvalue weighted by Crippen LogP contribution is 2.28. The Balaban J connectivity index is 3.03. The number of hydrogen-bond acceptors (Lipinski definition) is 3. The second-order valence-electron chi connectivity index (χ2n) is 3.90. The number of hydrogen-bond donors (Lipinski definition) is 1. The molecule has 0 saturated heterocycles. The van der Waals surface area contributed by atoms with E-state index in [9.17, 15) is 9.90 Å². The van der Waals surface area contributed by atoms with Crippen LogP contribution >= 0.6 is 11.6 Å². The molecule has 0 aliphatic rings. The molecule has 0 atom stereocenters. The molecule has 1 N–H and O–H groups in total. The first-order chi connectivity index (χ1) is 8.10. The summed E-state index contributed by atoms with van der Waals surface area (Å²) in [5.41, 5.74) is 0.975. The van der Waals surface area contributed by atoms with E-state index in [1.165, 1.54) is 19.2 Å². The summed E-state index contributed by atoms with van der Waals surface area (Å²) < 4.78 is 4.68. The highest BCUT2D eigenvalue weighted by molar-refractivity contribution is 6.31. The molecule has 0 radical (unpaired) electrons. The average Bonchev–Trinajstić information content (AvgIpc) is 2.30. The highest BCUT2D eigenvalue weighted by Gasteiger charge is 2.16. The fourth-order valence-corrected chi connectivity index (χ4v) is 1.94. The van der Waals surface area contributed by atoms with Gasteiger partial charge >= 0.3 is 5.97 Å². The third-order valence-corrected chi connectivity index (χ3v) is 2.84. The first kappa shape index (κ1) is 13.8. The highest BCUT2D eigenvalue weighted by atomic mass is 35.5. The number of rotatable bonds is 5. The Morgan fingerprint density at radius 3 is 2.71 bits per heavy atom. The van der Waals surface area contributed by atoms with Gasteiger partial charge in [0.05, 0.1) is 12.7 Å². The van der Waals surface area contributed by atoms with Crippen molar-refractivity contribution in [3.8, 4) is 5.75 Å². The second kappa shape index (κ2) is 6.50. The number of esters is 1. The van der Waals surface area contributed by atoms with Crippen LogP contribution in [0.2, 0.25) is 5.02 Å². The maximum Gasteiger partial charge on any atom is 0.338 e. The number of unbranched alkanes of at least 4 members (excludes halogenated alkanes) is 2. The minimum atomic E-state index is -0.464. The van der Waals surface area contributed by atoms with Crippen molar-refractivity contribution in [2.24, 2.45) is 0 Å². The van der Waals surface area contributed by atoms with Gasteiger partial charge in [0, 0.05) is 10.6 Å². The van der Waals surface area contributed by atoms with Crippen molar-refractivity contribution >= 4 is 17.6 Å². The van der Waals surface area contributed by atoms with E-state index in [0.717, 1.165) is 19.3 Å². The molecule has 1 aromatic rings. The van der Waals surface area contributed by atoms with E-state index in [0.29, 0.717) is 22.6 Å². The summed E-state index contributed by atoms with van der Waals surface area (Å²) in [6, 6.07) is 2.99. The van der Waals surface area contributed by atoms with Gasteiger partial charge in [-0.05, 0) is 25.0 Å². The number of carbonyl (C=O) groups is 1. The van der Waals surface area contributed by atoms with Crippen LogP contribution in [0.15, 0.2) is 12.1 Å². The van der Waals surface area contributed by atoms with Gasteiger partial charge in [0.1, 0.15) is 5.75 Å². The quantitative estimate of drug-likeness (QED) is 0.647. The lowest BCUT2D eigenvalue weighted by Crippen LogP contribution is -2.06. The van der Waals surface area contributed by atoms with Crippen LogP contribution in [0.5, 0.6) is 5.75 Å². The summed E-state index contributed by atoms with van der Waals surface area (Å²) >= 11 is 5.82. The summed E-state index contributed by atoms with van der Waals surface area (Å²) in [7, 11) is 1.32. The van der Waals surface area contributed by atoms with E-state index in [-0.39, 0.29) is 5.75 Å². The van der Waals surface area contributed by atoms with Crippen molar-refractivity contribution in [1.82, 2.24) is 0 Å². The number of halogens is 1. The second-order valence-corrected chi connectivity index (χ2v) is 4.34. The van der Waals surface area contributed by atoms with Gasteiger partial charge in [-0.1, -0.05) is 31.4 Å². The number of carbonyl (C=O) groups excluding carboxylic acids is 1. The standard InChI is InChI=1S/C13H17ClO3/c1-3-4-5-6-10-11(13(16)17-2)7-9(14)8-12(10)15/h7-8,15H,3-6H2,1-2H3. The Labute approximate surface area is 106 Å². The number of benzene rings is 1. The lowest BCUT2D eigenvalue weighted by molar-refractivity contribution is 0.0599. The largest absolute Gasteiger partial charge is 0.508 e. The smallest absolute Gasteiger partial charge is 0.338 e. The zero-order valence-electron chi connectivity index (χ0n) is 10.1. The van der Waals surface area contributed by atoms with Crippen molar-refractivity contribution in [2.75, 3.05) is 7.11 Å².